The van der Waals surface area contributed by atoms with Gasteiger partial charge in [0.2, 0.25) is 0 Å². The van der Waals surface area contributed by atoms with E-state index in [1.807, 2.05) is 30.3 Å². The molecule has 3 rings (SSSR count). The average molecular weight is 388 g/mol. The Labute approximate surface area is 173 Å². The molecule has 0 bridgehead atoms. The van der Waals surface area contributed by atoms with Crippen molar-refractivity contribution < 1.29 is 4.74 Å². The third-order valence-corrected chi connectivity index (χ3v) is 4.75. The Kier molecular flexibility index (Phi) is 6.90. The molecule has 0 aliphatic rings. The molecule has 0 amide bonds. The van der Waals surface area contributed by atoms with Gasteiger partial charge >= 0.3 is 0 Å². The summed E-state index contributed by atoms with van der Waals surface area (Å²) in [5.74, 6) is 1.98. The van der Waals surface area contributed by atoms with Gasteiger partial charge in [0, 0.05) is 25.1 Å². The van der Waals surface area contributed by atoms with Crippen LogP contribution in [-0.2, 0) is 13.1 Å². The van der Waals surface area contributed by atoms with Gasteiger partial charge in [0.05, 0.1) is 18.5 Å². The maximum atomic E-state index is 6.22. The molecule has 3 aromatic carbocycles. The number of anilines is 1. The van der Waals surface area contributed by atoms with Crippen molar-refractivity contribution in [2.45, 2.75) is 26.9 Å². The van der Waals surface area contributed by atoms with Crippen LogP contribution in [0.2, 0.25) is 0 Å². The van der Waals surface area contributed by atoms with Gasteiger partial charge in [-0.2, -0.15) is 0 Å². The molecule has 0 saturated heterocycles. The van der Waals surface area contributed by atoms with Gasteiger partial charge in [0.25, 0.3) is 0 Å². The Morgan fingerprint density at radius 3 is 1.93 bits per heavy atom. The molecule has 0 aromatic heterocycles. The van der Waals surface area contributed by atoms with Crippen molar-refractivity contribution in [3.8, 4) is 5.75 Å². The highest BCUT2D eigenvalue weighted by molar-refractivity contribution is 5.88. The molecule has 4 heteroatoms. The molecule has 0 aliphatic heterocycles. The van der Waals surface area contributed by atoms with Crippen molar-refractivity contribution in [1.29, 1.82) is 0 Å². The summed E-state index contributed by atoms with van der Waals surface area (Å²) < 4.78 is 5.37. The fraction of sp³-hybridized carbons (Fsp3) is 0.240. The van der Waals surface area contributed by atoms with E-state index in [9.17, 15) is 0 Å². The summed E-state index contributed by atoms with van der Waals surface area (Å²) >= 11 is 0. The smallest absolute Gasteiger partial charge is 0.121 e. The second kappa shape index (κ2) is 9.78. The largest absolute Gasteiger partial charge is 0.497 e. The number of nitrogens with two attached hydrogens (primary N) is 1. The molecule has 0 radical (unpaired) electrons. The fourth-order valence-electron chi connectivity index (χ4n) is 3.26. The van der Waals surface area contributed by atoms with Crippen molar-refractivity contribution in [3.05, 3.63) is 90.0 Å². The highest BCUT2D eigenvalue weighted by Crippen LogP contribution is 2.29. The minimum atomic E-state index is 0.230. The Morgan fingerprint density at radius 1 is 0.897 bits per heavy atom. The van der Waals surface area contributed by atoms with Crippen molar-refractivity contribution in [2.24, 2.45) is 10.9 Å². The molecule has 0 heterocycles. The van der Waals surface area contributed by atoms with Gasteiger partial charge in [0.1, 0.15) is 11.6 Å². The molecule has 3 aromatic rings. The summed E-state index contributed by atoms with van der Waals surface area (Å²) in [4.78, 5) is 7.32. The second-order valence-electron chi connectivity index (χ2n) is 7.38. The zero-order valence-electron chi connectivity index (χ0n) is 17.4. The Morgan fingerprint density at radius 2 is 1.45 bits per heavy atom. The van der Waals surface area contributed by atoms with Crippen molar-refractivity contribution in [3.63, 3.8) is 0 Å². The predicted octanol–water partition coefficient (Wildman–Crippen LogP) is 5.67. The Balaban J connectivity index is 2.01. The number of nitrogens with zero attached hydrogens (tertiary/aromatic N) is 2. The molecular formula is C25H29N3O. The van der Waals surface area contributed by atoms with Crippen molar-refractivity contribution in [1.82, 2.24) is 4.90 Å². The summed E-state index contributed by atoms with van der Waals surface area (Å²) in [6, 6.07) is 26.6. The lowest BCUT2D eigenvalue weighted by Crippen LogP contribution is -2.33. The number of aliphatic imine (C=N–C) groups is 1. The quantitative estimate of drug-likeness (QED) is 0.323. The molecule has 0 fully saturated rings. The number of methoxy groups -OCH3 is 1. The Bertz CT molecular complexity index is 895. The van der Waals surface area contributed by atoms with E-state index in [4.69, 9.17) is 15.5 Å². The number of rotatable bonds is 7. The lowest BCUT2D eigenvalue weighted by Gasteiger charge is -2.29. The minimum absolute atomic E-state index is 0.230. The first kappa shape index (κ1) is 20.5. The molecular weight excluding hydrogens is 358 g/mol. The van der Waals surface area contributed by atoms with E-state index in [0.29, 0.717) is 5.69 Å². The zero-order valence-corrected chi connectivity index (χ0v) is 17.4. The van der Waals surface area contributed by atoms with Crippen LogP contribution in [0.1, 0.15) is 25.0 Å². The van der Waals surface area contributed by atoms with Crippen LogP contribution in [0.5, 0.6) is 5.75 Å². The second-order valence-corrected chi connectivity index (χ2v) is 7.38. The van der Waals surface area contributed by atoms with Gasteiger partial charge in [-0.1, -0.05) is 74.5 Å². The first-order valence-corrected chi connectivity index (χ1v) is 9.91. The summed E-state index contributed by atoms with van der Waals surface area (Å²) in [6.07, 6.45) is 0. The van der Waals surface area contributed by atoms with Crippen LogP contribution in [-0.4, -0.2) is 17.8 Å². The highest BCUT2D eigenvalue weighted by Gasteiger charge is 2.17. The van der Waals surface area contributed by atoms with Gasteiger partial charge < -0.3 is 15.4 Å². The fourth-order valence-corrected chi connectivity index (χ4v) is 3.26. The first-order chi connectivity index (χ1) is 14.1. The number of hydrogen-bond acceptors (Lipinski definition) is 3. The topological polar surface area (TPSA) is 50.9 Å². The molecule has 0 saturated carbocycles. The van der Waals surface area contributed by atoms with E-state index in [1.165, 1.54) is 11.1 Å². The van der Waals surface area contributed by atoms with Gasteiger partial charge in [-0.15, -0.1) is 0 Å². The molecule has 4 nitrogen and oxygen atoms in total. The maximum Gasteiger partial charge on any atom is 0.121 e. The van der Waals surface area contributed by atoms with Crippen LogP contribution in [0.3, 0.4) is 0 Å². The van der Waals surface area contributed by atoms with E-state index in [0.717, 1.165) is 30.4 Å². The minimum Gasteiger partial charge on any atom is -0.497 e. The average Bonchev–Trinajstić information content (AvgIpc) is 2.74. The van der Waals surface area contributed by atoms with Crippen LogP contribution >= 0.6 is 0 Å². The van der Waals surface area contributed by atoms with Crippen LogP contribution in [0.25, 0.3) is 0 Å². The Hall–Kier alpha value is -3.27. The highest BCUT2D eigenvalue weighted by atomic mass is 16.5. The van der Waals surface area contributed by atoms with Crippen LogP contribution in [0, 0.1) is 5.92 Å². The lowest BCUT2D eigenvalue weighted by molar-refractivity contribution is 0.387. The normalized spacial score (nSPS) is 11.5. The zero-order chi connectivity index (χ0) is 20.6. The van der Waals surface area contributed by atoms with E-state index in [2.05, 4.69) is 67.3 Å². The van der Waals surface area contributed by atoms with Crippen molar-refractivity contribution in [2.75, 3.05) is 12.8 Å². The van der Waals surface area contributed by atoms with Gasteiger partial charge in [-0.05, 0) is 23.3 Å². The lowest BCUT2D eigenvalue weighted by atomic mass is 10.1. The summed E-state index contributed by atoms with van der Waals surface area (Å²) in [5, 5.41) is 0. The monoisotopic (exact) mass is 387 g/mol. The molecule has 150 valence electrons. The molecule has 29 heavy (non-hydrogen) atoms. The van der Waals surface area contributed by atoms with Crippen molar-refractivity contribution >= 4 is 17.2 Å². The summed E-state index contributed by atoms with van der Waals surface area (Å²) in [7, 11) is 1.65. The van der Waals surface area contributed by atoms with E-state index in [-0.39, 0.29) is 5.92 Å². The van der Waals surface area contributed by atoms with Crippen LogP contribution in [0.15, 0.2) is 83.9 Å². The third-order valence-electron chi connectivity index (χ3n) is 4.75. The van der Waals surface area contributed by atoms with E-state index >= 15 is 0 Å². The molecule has 0 aliphatic carbocycles. The molecule has 0 atom stereocenters. The predicted molar refractivity (Wildman–Crippen MR) is 121 cm³/mol. The first-order valence-electron chi connectivity index (χ1n) is 9.91. The summed E-state index contributed by atoms with van der Waals surface area (Å²) in [5.41, 5.74) is 10.1. The molecule has 0 spiro atoms. The summed E-state index contributed by atoms with van der Waals surface area (Å²) in [6.45, 7) is 5.88. The van der Waals surface area contributed by atoms with Gasteiger partial charge in [-0.25, -0.2) is 4.99 Å². The number of benzene rings is 3. The van der Waals surface area contributed by atoms with Crippen LogP contribution in [0.4, 0.5) is 11.4 Å². The SMILES string of the molecule is COc1ccc(N)c(N=C(C(C)C)N(Cc2ccccc2)Cc2ccccc2)c1. The molecule has 0 unspecified atom stereocenters. The maximum absolute atomic E-state index is 6.22. The number of hydrogen-bond donors (Lipinski definition) is 1. The van der Waals surface area contributed by atoms with E-state index < -0.39 is 0 Å². The van der Waals surface area contributed by atoms with E-state index in [1.54, 1.807) is 7.11 Å². The molecule has 2 N–H and O–H groups in total. The third kappa shape index (κ3) is 5.61. The van der Waals surface area contributed by atoms with Gasteiger partial charge in [-0.3, -0.25) is 0 Å². The number of amidine groups is 1. The van der Waals surface area contributed by atoms with Gasteiger partial charge in [0.15, 0.2) is 0 Å². The van der Waals surface area contributed by atoms with Crippen LogP contribution < -0.4 is 10.5 Å². The number of nitrogen functional groups attached to an aromatic ring is 1. The standard InChI is InChI=1S/C25H29N3O/c1-19(2)25(27-24-16-22(29-3)14-15-23(24)26)28(17-20-10-6-4-7-11-20)18-21-12-8-5-9-13-21/h4-16,19H,17-18,26H2,1-3H3. The number of ether oxygens (including phenoxy) is 1.